The van der Waals surface area contributed by atoms with Crippen LogP contribution in [0, 0.1) is 5.82 Å². The molecule has 0 saturated carbocycles. The average molecular weight is 195 g/mol. The molecule has 4 heteroatoms. The van der Waals surface area contributed by atoms with Gasteiger partial charge in [0, 0.05) is 6.54 Å². The van der Waals surface area contributed by atoms with Gasteiger partial charge in [-0.2, -0.15) is 5.10 Å². The van der Waals surface area contributed by atoms with Crippen LogP contribution in [-0.2, 0) is 6.54 Å². The molecule has 0 atom stereocenters. The molecule has 76 valence electrons. The van der Waals surface area contributed by atoms with Gasteiger partial charge in [-0.3, -0.25) is 0 Å². The second-order valence-electron chi connectivity index (χ2n) is 3.41. The van der Waals surface area contributed by atoms with E-state index in [1.807, 2.05) is 25.1 Å². The van der Waals surface area contributed by atoms with Gasteiger partial charge in [0.15, 0.2) is 0 Å². The Kier molecular flexibility index (Phi) is 3.59. The summed E-state index contributed by atoms with van der Waals surface area (Å²) in [6.07, 6.45) is 1.43. The van der Waals surface area contributed by atoms with E-state index in [1.165, 1.54) is 18.3 Å². The summed E-state index contributed by atoms with van der Waals surface area (Å²) in [5.74, 6) is 4.73. The normalized spacial score (nSPS) is 11.4. The minimum atomic E-state index is -0.265. The molecular formula is C10H14FN3. The Balaban J connectivity index is 2.94. The first kappa shape index (κ1) is 10.7. The molecule has 0 spiro atoms. The monoisotopic (exact) mass is 195 g/mol. The summed E-state index contributed by atoms with van der Waals surface area (Å²) in [4.78, 5) is 1.97. The maximum absolute atomic E-state index is 13.1. The van der Waals surface area contributed by atoms with Crippen molar-refractivity contribution in [1.29, 1.82) is 0 Å². The van der Waals surface area contributed by atoms with Gasteiger partial charge >= 0.3 is 0 Å². The predicted octanol–water partition coefficient (Wildman–Crippen LogP) is 1.18. The molecule has 1 rings (SSSR count). The number of halogens is 1. The van der Waals surface area contributed by atoms with Crippen LogP contribution in [0.5, 0.6) is 0 Å². The van der Waals surface area contributed by atoms with Crippen LogP contribution in [0.25, 0.3) is 0 Å². The first-order chi connectivity index (χ1) is 6.61. The number of hydrogen-bond acceptors (Lipinski definition) is 3. The van der Waals surface area contributed by atoms with E-state index in [9.17, 15) is 4.39 Å². The van der Waals surface area contributed by atoms with Crippen LogP contribution in [0.15, 0.2) is 23.3 Å². The number of nitrogens with two attached hydrogens (primary N) is 1. The van der Waals surface area contributed by atoms with Gasteiger partial charge in [0.05, 0.1) is 6.21 Å². The van der Waals surface area contributed by atoms with E-state index in [1.54, 1.807) is 0 Å². The zero-order valence-corrected chi connectivity index (χ0v) is 8.37. The number of hydrogen-bond donors (Lipinski definition) is 1. The second kappa shape index (κ2) is 4.72. The van der Waals surface area contributed by atoms with Crippen molar-refractivity contribution >= 4 is 6.21 Å². The van der Waals surface area contributed by atoms with Gasteiger partial charge in [-0.05, 0) is 43.4 Å². The zero-order chi connectivity index (χ0) is 10.6. The van der Waals surface area contributed by atoms with Gasteiger partial charge in [0.25, 0.3) is 0 Å². The summed E-state index contributed by atoms with van der Waals surface area (Å²) in [6.45, 7) is 0.698. The van der Waals surface area contributed by atoms with Gasteiger partial charge in [-0.1, -0.05) is 0 Å². The number of rotatable bonds is 3. The second-order valence-corrected chi connectivity index (χ2v) is 3.41. The van der Waals surface area contributed by atoms with Crippen molar-refractivity contribution in [3.8, 4) is 0 Å². The summed E-state index contributed by atoms with van der Waals surface area (Å²) in [7, 11) is 3.86. The highest BCUT2D eigenvalue weighted by atomic mass is 19.1. The fourth-order valence-electron chi connectivity index (χ4n) is 1.29. The van der Waals surface area contributed by atoms with Gasteiger partial charge in [-0.15, -0.1) is 0 Å². The highest BCUT2D eigenvalue weighted by Gasteiger charge is 2.00. The lowest BCUT2D eigenvalue weighted by molar-refractivity contribution is 0.401. The van der Waals surface area contributed by atoms with Gasteiger partial charge in [-0.25, -0.2) is 4.39 Å². The van der Waals surface area contributed by atoms with Crippen molar-refractivity contribution < 1.29 is 4.39 Å². The van der Waals surface area contributed by atoms with Crippen molar-refractivity contribution in [2.45, 2.75) is 6.54 Å². The van der Waals surface area contributed by atoms with E-state index >= 15 is 0 Å². The Morgan fingerprint density at radius 1 is 1.43 bits per heavy atom. The van der Waals surface area contributed by atoms with E-state index in [2.05, 4.69) is 5.10 Å². The molecule has 0 aliphatic rings. The fraction of sp³-hybridized carbons (Fsp3) is 0.300. The molecule has 1 aromatic carbocycles. The summed E-state index contributed by atoms with van der Waals surface area (Å²) < 4.78 is 13.1. The van der Waals surface area contributed by atoms with E-state index in [0.29, 0.717) is 12.1 Å². The topological polar surface area (TPSA) is 41.6 Å². The van der Waals surface area contributed by atoms with Crippen LogP contribution in [0.1, 0.15) is 11.1 Å². The molecule has 0 aliphatic carbocycles. The maximum atomic E-state index is 13.1. The van der Waals surface area contributed by atoms with Crippen molar-refractivity contribution in [3.05, 3.63) is 35.1 Å². The molecule has 2 N–H and O–H groups in total. The Labute approximate surface area is 83.0 Å². The average Bonchev–Trinajstić information content (AvgIpc) is 2.01. The lowest BCUT2D eigenvalue weighted by Gasteiger charge is -2.09. The van der Waals surface area contributed by atoms with Crippen LogP contribution < -0.4 is 5.84 Å². The van der Waals surface area contributed by atoms with Crippen LogP contribution in [0.3, 0.4) is 0 Å². The standard InChI is InChI=1S/C10H14FN3/c1-14(2)7-9-3-8(6-13-12)4-10(11)5-9/h3-6H,7,12H2,1-2H3. The minimum absolute atomic E-state index is 0.265. The van der Waals surface area contributed by atoms with Crippen molar-refractivity contribution in [1.82, 2.24) is 4.90 Å². The molecule has 0 radical (unpaired) electrons. The molecule has 0 aliphatic heterocycles. The summed E-state index contributed by atoms with van der Waals surface area (Å²) in [5.41, 5.74) is 1.59. The largest absolute Gasteiger partial charge is 0.323 e. The fourth-order valence-corrected chi connectivity index (χ4v) is 1.29. The number of hydrazone groups is 1. The first-order valence-corrected chi connectivity index (χ1v) is 4.29. The quantitative estimate of drug-likeness (QED) is 0.447. The predicted molar refractivity (Wildman–Crippen MR) is 55.6 cm³/mol. The highest BCUT2D eigenvalue weighted by Crippen LogP contribution is 2.09. The van der Waals surface area contributed by atoms with Crippen LogP contribution in [0.4, 0.5) is 4.39 Å². The van der Waals surface area contributed by atoms with Crippen LogP contribution in [-0.4, -0.2) is 25.2 Å². The lowest BCUT2D eigenvalue weighted by Crippen LogP contribution is -2.11. The van der Waals surface area contributed by atoms with Gasteiger partial charge < -0.3 is 10.7 Å². The van der Waals surface area contributed by atoms with E-state index in [4.69, 9.17) is 5.84 Å². The lowest BCUT2D eigenvalue weighted by atomic mass is 10.1. The molecule has 0 bridgehead atoms. The zero-order valence-electron chi connectivity index (χ0n) is 8.37. The first-order valence-electron chi connectivity index (χ1n) is 4.29. The van der Waals surface area contributed by atoms with Crippen LogP contribution >= 0.6 is 0 Å². The van der Waals surface area contributed by atoms with Crippen molar-refractivity contribution in [2.75, 3.05) is 14.1 Å². The third-order valence-electron chi connectivity index (χ3n) is 1.70. The maximum Gasteiger partial charge on any atom is 0.124 e. The molecule has 0 aromatic heterocycles. The summed E-state index contributed by atoms with van der Waals surface area (Å²) in [5, 5.41) is 3.36. The third kappa shape index (κ3) is 3.14. The van der Waals surface area contributed by atoms with Crippen molar-refractivity contribution in [2.24, 2.45) is 10.9 Å². The Hall–Kier alpha value is -1.42. The summed E-state index contributed by atoms with van der Waals surface area (Å²) in [6, 6.07) is 4.77. The smallest absolute Gasteiger partial charge is 0.124 e. The Bertz CT molecular complexity index is 334. The van der Waals surface area contributed by atoms with E-state index < -0.39 is 0 Å². The number of benzene rings is 1. The molecule has 0 saturated heterocycles. The third-order valence-corrected chi connectivity index (χ3v) is 1.70. The Morgan fingerprint density at radius 3 is 2.71 bits per heavy atom. The number of nitrogens with zero attached hydrogens (tertiary/aromatic N) is 2. The highest BCUT2D eigenvalue weighted by molar-refractivity contribution is 5.79. The van der Waals surface area contributed by atoms with Gasteiger partial charge in [0.1, 0.15) is 5.82 Å². The molecule has 3 nitrogen and oxygen atoms in total. The SMILES string of the molecule is CN(C)Cc1cc(F)cc(C=NN)c1. The molecular weight excluding hydrogens is 181 g/mol. The molecule has 0 fully saturated rings. The Morgan fingerprint density at radius 2 is 2.14 bits per heavy atom. The van der Waals surface area contributed by atoms with E-state index in [-0.39, 0.29) is 5.82 Å². The van der Waals surface area contributed by atoms with E-state index in [0.717, 1.165) is 5.56 Å². The molecule has 1 aromatic rings. The van der Waals surface area contributed by atoms with Gasteiger partial charge in [0.2, 0.25) is 0 Å². The molecule has 14 heavy (non-hydrogen) atoms. The van der Waals surface area contributed by atoms with Crippen molar-refractivity contribution in [3.63, 3.8) is 0 Å². The minimum Gasteiger partial charge on any atom is -0.323 e. The van der Waals surface area contributed by atoms with Crippen LogP contribution in [0.2, 0.25) is 0 Å². The molecule has 0 heterocycles. The summed E-state index contributed by atoms with van der Waals surface area (Å²) >= 11 is 0. The molecule has 0 unspecified atom stereocenters. The molecule has 0 amide bonds.